The van der Waals surface area contributed by atoms with E-state index in [2.05, 4.69) is 30.2 Å². The van der Waals surface area contributed by atoms with Crippen molar-refractivity contribution in [3.63, 3.8) is 0 Å². The standard InChI is InChI=1S/C5H14NOSi.C5H5.2CH3.Ti/c1-5(7-2)6-8(3)4;1-2-4-5-3-1;;;/h5-6H,1-4H3;1-3H,4H2;2*1H3;/q;3*-1;+3. The smallest absolute Gasteiger partial charge is 0.368 e. The Morgan fingerprint density at radius 3 is 2.06 bits per heavy atom. The zero-order valence-corrected chi connectivity index (χ0v) is 14.0. The molecular formula is C12H25NOSiTi. The molecular weight excluding hydrogens is 250 g/mol. The Hall–Kier alpha value is 0.331. The topological polar surface area (TPSA) is 21.3 Å². The Kier molecular flexibility index (Phi) is 28.0. The molecule has 0 fully saturated rings. The molecule has 0 aromatic rings. The minimum absolute atomic E-state index is 0. The van der Waals surface area contributed by atoms with E-state index >= 15 is 0 Å². The van der Waals surface area contributed by atoms with Gasteiger partial charge in [0.25, 0.3) is 0 Å². The van der Waals surface area contributed by atoms with E-state index < -0.39 is 0 Å². The maximum absolute atomic E-state index is 4.98. The third-order valence-electron chi connectivity index (χ3n) is 1.43. The summed E-state index contributed by atoms with van der Waals surface area (Å²) in [7, 11) is 1.39. The van der Waals surface area contributed by atoms with Gasteiger partial charge in [-0.3, -0.25) is 6.08 Å². The summed E-state index contributed by atoms with van der Waals surface area (Å²) in [5, 5.41) is 0. The first-order chi connectivity index (χ1) is 6.16. The van der Waals surface area contributed by atoms with E-state index in [1.54, 1.807) is 7.11 Å². The summed E-state index contributed by atoms with van der Waals surface area (Å²) < 4.78 is 4.98. The van der Waals surface area contributed by atoms with Crippen LogP contribution >= 0.6 is 0 Å². The van der Waals surface area contributed by atoms with Crippen LogP contribution in [0.2, 0.25) is 13.1 Å². The zero-order valence-electron chi connectivity index (χ0n) is 11.4. The number of allylic oxidation sites excluding steroid dienone is 4. The fraction of sp³-hybridized carbons (Fsp3) is 0.500. The van der Waals surface area contributed by atoms with Gasteiger partial charge in [-0.15, -0.1) is 6.42 Å². The van der Waals surface area contributed by atoms with Gasteiger partial charge in [0.05, 0.1) is 6.23 Å². The van der Waals surface area contributed by atoms with Crippen LogP contribution in [0.5, 0.6) is 0 Å². The average molecular weight is 275 g/mol. The van der Waals surface area contributed by atoms with E-state index in [4.69, 9.17) is 4.74 Å². The van der Waals surface area contributed by atoms with Gasteiger partial charge in [-0.05, 0) is 6.92 Å². The predicted molar refractivity (Wildman–Crippen MR) is 71.5 cm³/mol. The average Bonchev–Trinajstić information content (AvgIpc) is 2.59. The van der Waals surface area contributed by atoms with E-state index in [1.807, 2.05) is 19.1 Å². The molecule has 1 aliphatic rings. The second-order valence-corrected chi connectivity index (χ2v) is 5.31. The summed E-state index contributed by atoms with van der Waals surface area (Å²) in [6, 6.07) is 0. The molecule has 0 heterocycles. The van der Waals surface area contributed by atoms with Crippen LogP contribution in [-0.4, -0.2) is 22.3 Å². The van der Waals surface area contributed by atoms with E-state index in [0.717, 1.165) is 6.42 Å². The van der Waals surface area contributed by atoms with Gasteiger partial charge in [0, 0.05) is 7.11 Å². The predicted octanol–water partition coefficient (Wildman–Crippen LogP) is 3.02. The van der Waals surface area contributed by atoms with Gasteiger partial charge < -0.3 is 24.6 Å². The number of nitrogens with one attached hydrogen (secondary N) is 1. The minimum atomic E-state index is -0.321. The van der Waals surface area contributed by atoms with Gasteiger partial charge in [-0.1, -0.05) is 13.1 Å². The number of ether oxygens (including phenoxy) is 1. The van der Waals surface area contributed by atoms with Crippen molar-refractivity contribution in [2.75, 3.05) is 7.11 Å². The first kappa shape index (κ1) is 25.2. The Bertz CT molecular complexity index is 162. The van der Waals surface area contributed by atoms with Crippen molar-refractivity contribution in [3.8, 4) is 0 Å². The quantitative estimate of drug-likeness (QED) is 0.485. The van der Waals surface area contributed by atoms with Gasteiger partial charge in [0.15, 0.2) is 0 Å². The third-order valence-corrected chi connectivity index (χ3v) is 2.42. The number of methoxy groups -OCH3 is 1. The van der Waals surface area contributed by atoms with Crippen molar-refractivity contribution in [1.82, 2.24) is 4.98 Å². The molecule has 0 spiro atoms. The summed E-state index contributed by atoms with van der Waals surface area (Å²) in [5.41, 5.74) is 0. The molecule has 4 heteroatoms. The van der Waals surface area contributed by atoms with E-state index in [1.165, 1.54) is 0 Å². The van der Waals surface area contributed by atoms with Crippen LogP contribution in [0.1, 0.15) is 13.3 Å². The largest absolute Gasteiger partial charge is 3.00 e. The van der Waals surface area contributed by atoms with Crippen molar-refractivity contribution in [2.24, 2.45) is 0 Å². The monoisotopic (exact) mass is 275 g/mol. The van der Waals surface area contributed by atoms with Crippen LogP contribution in [0.4, 0.5) is 0 Å². The second kappa shape index (κ2) is 17.7. The second-order valence-electron chi connectivity index (χ2n) is 3.03. The number of hydrogen-bond donors (Lipinski definition) is 1. The molecule has 0 aliphatic heterocycles. The molecule has 1 aliphatic carbocycles. The molecule has 1 rings (SSSR count). The van der Waals surface area contributed by atoms with Gasteiger partial charge in [-0.25, -0.2) is 12.2 Å². The van der Waals surface area contributed by atoms with Gasteiger partial charge >= 0.3 is 21.7 Å². The normalized spacial score (nSPS) is 12.8. The van der Waals surface area contributed by atoms with Crippen LogP contribution in [0, 0.1) is 20.9 Å². The van der Waals surface area contributed by atoms with Crippen molar-refractivity contribution >= 4 is 8.96 Å². The van der Waals surface area contributed by atoms with Crippen LogP contribution in [-0.2, 0) is 26.5 Å². The van der Waals surface area contributed by atoms with Crippen molar-refractivity contribution in [3.05, 3.63) is 39.2 Å². The summed E-state index contributed by atoms with van der Waals surface area (Å²) >= 11 is 0. The van der Waals surface area contributed by atoms with Crippen molar-refractivity contribution in [1.29, 1.82) is 0 Å². The molecule has 1 N–H and O–H groups in total. The van der Waals surface area contributed by atoms with E-state index in [0.29, 0.717) is 0 Å². The Morgan fingerprint density at radius 2 is 1.94 bits per heavy atom. The maximum Gasteiger partial charge on any atom is 3.00 e. The minimum Gasteiger partial charge on any atom is -0.368 e. The van der Waals surface area contributed by atoms with Crippen molar-refractivity contribution in [2.45, 2.75) is 32.7 Å². The van der Waals surface area contributed by atoms with Crippen LogP contribution in [0.3, 0.4) is 0 Å². The zero-order chi connectivity index (χ0) is 10.1. The molecule has 0 aromatic carbocycles. The molecule has 16 heavy (non-hydrogen) atoms. The molecule has 2 radical (unpaired) electrons. The fourth-order valence-electron chi connectivity index (χ4n) is 0.806. The molecule has 0 aromatic heterocycles. The number of hydrogen-bond acceptors (Lipinski definition) is 2. The first-order valence-corrected chi connectivity index (χ1v) is 6.98. The molecule has 1 unspecified atom stereocenters. The van der Waals surface area contributed by atoms with E-state index in [9.17, 15) is 0 Å². The molecule has 2 nitrogen and oxygen atoms in total. The molecule has 0 saturated carbocycles. The number of rotatable bonds is 3. The van der Waals surface area contributed by atoms with Crippen LogP contribution in [0.15, 0.2) is 18.2 Å². The Labute approximate surface area is 119 Å². The summed E-state index contributed by atoms with van der Waals surface area (Å²) in [5.74, 6) is 0. The van der Waals surface area contributed by atoms with Crippen LogP contribution in [0.25, 0.3) is 0 Å². The van der Waals surface area contributed by atoms with Gasteiger partial charge in [-0.2, -0.15) is 6.08 Å². The fourth-order valence-corrected chi connectivity index (χ4v) is 1.74. The summed E-state index contributed by atoms with van der Waals surface area (Å²) in [6.45, 7) is 6.40. The third kappa shape index (κ3) is 19.8. The molecule has 0 bridgehead atoms. The Balaban J connectivity index is -0.0000000798. The Morgan fingerprint density at radius 1 is 1.38 bits per heavy atom. The van der Waals surface area contributed by atoms with Crippen LogP contribution < -0.4 is 4.98 Å². The summed E-state index contributed by atoms with van der Waals surface area (Å²) in [4.78, 5) is 3.27. The molecule has 0 amide bonds. The SMILES string of the molecule is COC(C)N[Si](C)C.[C-]1=CC=CC1.[CH3-].[CH3-].[Ti+3]. The molecule has 0 saturated heterocycles. The van der Waals surface area contributed by atoms with Crippen molar-refractivity contribution < 1.29 is 26.5 Å². The maximum atomic E-state index is 4.98. The first-order valence-electron chi connectivity index (χ1n) is 4.48. The van der Waals surface area contributed by atoms with Gasteiger partial charge in [0.2, 0.25) is 0 Å². The molecule has 92 valence electrons. The molecule has 1 atom stereocenters. The van der Waals surface area contributed by atoms with E-state index in [-0.39, 0.29) is 51.8 Å². The summed E-state index contributed by atoms with van der Waals surface area (Å²) in [6.07, 6.45) is 10.2. The van der Waals surface area contributed by atoms with Gasteiger partial charge in [0.1, 0.15) is 8.96 Å².